The average Bonchev–Trinajstić information content (AvgIpc) is 2.49. The van der Waals surface area contributed by atoms with E-state index in [1.165, 1.54) is 32.1 Å². The maximum absolute atomic E-state index is 6.04. The molecule has 0 saturated heterocycles. The van der Waals surface area contributed by atoms with Gasteiger partial charge in [0.25, 0.3) is 0 Å². The van der Waals surface area contributed by atoms with Gasteiger partial charge in [-0.1, -0.05) is 31.4 Å². The molecule has 94 valence electrons. The third kappa shape index (κ3) is 3.71. The Kier molecular flexibility index (Phi) is 4.46. The van der Waals surface area contributed by atoms with Crippen molar-refractivity contribution in [3.63, 3.8) is 0 Å². The minimum Gasteiger partial charge on any atom is -0.366 e. The molecule has 17 heavy (non-hydrogen) atoms. The monoisotopic (exact) mass is 273 g/mol. The lowest BCUT2D eigenvalue weighted by Gasteiger charge is -2.17. The quantitative estimate of drug-likeness (QED) is 0.650. The van der Waals surface area contributed by atoms with Crippen LogP contribution >= 0.6 is 23.2 Å². The van der Waals surface area contributed by atoms with Gasteiger partial charge in [0.15, 0.2) is 0 Å². The van der Waals surface area contributed by atoms with Gasteiger partial charge < -0.3 is 5.32 Å². The highest BCUT2D eigenvalue weighted by molar-refractivity contribution is 6.33. The van der Waals surface area contributed by atoms with Crippen molar-refractivity contribution in [1.29, 1.82) is 0 Å². The largest absolute Gasteiger partial charge is 0.366 e. The minimum atomic E-state index is 0.235. The molecule has 1 fully saturated rings. The molecule has 0 aliphatic heterocycles. The Labute approximate surface area is 112 Å². The number of nitrogens with zero attached hydrogens (tertiary/aromatic N) is 2. The van der Waals surface area contributed by atoms with Crippen molar-refractivity contribution in [1.82, 2.24) is 9.97 Å². The number of hydrogen-bond acceptors (Lipinski definition) is 3. The van der Waals surface area contributed by atoms with Gasteiger partial charge in [-0.3, -0.25) is 0 Å². The molecule has 0 amide bonds. The fraction of sp³-hybridized carbons (Fsp3) is 0.667. The zero-order chi connectivity index (χ0) is 12.3. The molecule has 1 aliphatic rings. The van der Waals surface area contributed by atoms with E-state index in [9.17, 15) is 0 Å². The van der Waals surface area contributed by atoms with E-state index in [-0.39, 0.29) is 5.28 Å². The number of anilines is 1. The highest BCUT2D eigenvalue weighted by Gasteiger charge is 2.17. The van der Waals surface area contributed by atoms with Crippen LogP contribution in [-0.4, -0.2) is 16.0 Å². The Morgan fingerprint density at radius 1 is 1.24 bits per heavy atom. The van der Waals surface area contributed by atoms with E-state index in [0.29, 0.717) is 16.9 Å². The molecule has 2 rings (SSSR count). The SMILES string of the molecule is CC1CCCC(Nc2nc(Cl)ncc2Cl)CC1. The molecule has 2 atom stereocenters. The Hall–Kier alpha value is -0.540. The summed E-state index contributed by atoms with van der Waals surface area (Å²) in [4.78, 5) is 7.97. The lowest BCUT2D eigenvalue weighted by Crippen LogP contribution is -2.19. The van der Waals surface area contributed by atoms with Crippen LogP contribution in [0.15, 0.2) is 6.20 Å². The zero-order valence-electron chi connectivity index (χ0n) is 9.92. The van der Waals surface area contributed by atoms with Crippen LogP contribution in [0, 0.1) is 5.92 Å². The molecular formula is C12H17Cl2N3. The van der Waals surface area contributed by atoms with Gasteiger partial charge in [-0.15, -0.1) is 0 Å². The predicted molar refractivity (Wildman–Crippen MR) is 71.7 cm³/mol. The number of aromatic nitrogens is 2. The zero-order valence-corrected chi connectivity index (χ0v) is 11.4. The summed E-state index contributed by atoms with van der Waals surface area (Å²) in [6, 6.07) is 0.448. The fourth-order valence-electron chi connectivity index (χ4n) is 2.27. The number of hydrogen-bond donors (Lipinski definition) is 1. The van der Waals surface area contributed by atoms with Crippen LogP contribution in [0.2, 0.25) is 10.3 Å². The first-order valence-corrected chi connectivity index (χ1v) is 6.85. The van der Waals surface area contributed by atoms with E-state index in [1.807, 2.05) is 0 Å². The van der Waals surface area contributed by atoms with E-state index >= 15 is 0 Å². The first-order chi connectivity index (χ1) is 8.15. The fourth-order valence-corrected chi connectivity index (χ4v) is 2.55. The molecule has 0 bridgehead atoms. The van der Waals surface area contributed by atoms with Crippen molar-refractivity contribution in [2.75, 3.05) is 5.32 Å². The van der Waals surface area contributed by atoms with Crippen LogP contribution in [0.25, 0.3) is 0 Å². The molecule has 1 aromatic rings. The maximum atomic E-state index is 6.04. The number of nitrogens with one attached hydrogen (secondary N) is 1. The topological polar surface area (TPSA) is 37.8 Å². The van der Waals surface area contributed by atoms with Crippen molar-refractivity contribution in [3.05, 3.63) is 16.5 Å². The molecule has 5 heteroatoms. The summed E-state index contributed by atoms with van der Waals surface area (Å²) in [6.07, 6.45) is 7.71. The number of rotatable bonds is 2. The number of halogens is 2. The van der Waals surface area contributed by atoms with Gasteiger partial charge in [0, 0.05) is 6.04 Å². The molecule has 1 saturated carbocycles. The van der Waals surface area contributed by atoms with E-state index in [4.69, 9.17) is 23.2 Å². The van der Waals surface area contributed by atoms with Crippen LogP contribution in [0.1, 0.15) is 39.0 Å². The Morgan fingerprint density at radius 3 is 2.88 bits per heavy atom. The van der Waals surface area contributed by atoms with Gasteiger partial charge in [-0.2, -0.15) is 4.98 Å². The third-order valence-electron chi connectivity index (χ3n) is 3.31. The standard InChI is InChI=1S/C12H17Cl2N3/c1-8-3-2-4-9(6-5-8)16-11-10(13)7-15-12(14)17-11/h7-9H,2-6H2,1H3,(H,15,16,17). The second-order valence-corrected chi connectivity index (χ2v) is 5.54. The smallest absolute Gasteiger partial charge is 0.224 e. The molecule has 1 aromatic heterocycles. The molecule has 3 nitrogen and oxygen atoms in total. The van der Waals surface area contributed by atoms with Crippen molar-refractivity contribution >= 4 is 29.0 Å². The van der Waals surface area contributed by atoms with Crippen molar-refractivity contribution < 1.29 is 0 Å². The molecule has 0 spiro atoms. The van der Waals surface area contributed by atoms with Gasteiger partial charge in [-0.25, -0.2) is 4.98 Å². The van der Waals surface area contributed by atoms with Crippen LogP contribution in [0.3, 0.4) is 0 Å². The molecule has 1 heterocycles. The van der Waals surface area contributed by atoms with E-state index in [0.717, 1.165) is 5.92 Å². The third-order valence-corrected chi connectivity index (χ3v) is 3.77. The van der Waals surface area contributed by atoms with Crippen LogP contribution in [0.4, 0.5) is 5.82 Å². The highest BCUT2D eigenvalue weighted by Crippen LogP contribution is 2.27. The normalized spacial score (nSPS) is 25.4. The summed E-state index contributed by atoms with van der Waals surface area (Å²) in [7, 11) is 0. The van der Waals surface area contributed by atoms with Crippen LogP contribution in [0.5, 0.6) is 0 Å². The summed E-state index contributed by atoms with van der Waals surface area (Å²) in [5.41, 5.74) is 0. The highest BCUT2D eigenvalue weighted by atomic mass is 35.5. The van der Waals surface area contributed by atoms with Crippen molar-refractivity contribution in [2.45, 2.75) is 45.1 Å². The van der Waals surface area contributed by atoms with Gasteiger partial charge in [-0.05, 0) is 36.8 Å². The summed E-state index contributed by atoms with van der Waals surface area (Å²) >= 11 is 11.8. The maximum Gasteiger partial charge on any atom is 0.224 e. The van der Waals surface area contributed by atoms with E-state index in [2.05, 4.69) is 22.2 Å². The second kappa shape index (κ2) is 5.87. The Morgan fingerprint density at radius 2 is 2.06 bits per heavy atom. The van der Waals surface area contributed by atoms with Crippen LogP contribution in [-0.2, 0) is 0 Å². The molecule has 0 radical (unpaired) electrons. The molecular weight excluding hydrogens is 257 g/mol. The first-order valence-electron chi connectivity index (χ1n) is 6.09. The molecule has 2 unspecified atom stereocenters. The van der Waals surface area contributed by atoms with E-state index < -0.39 is 0 Å². The van der Waals surface area contributed by atoms with Gasteiger partial charge in [0.2, 0.25) is 5.28 Å². The lowest BCUT2D eigenvalue weighted by molar-refractivity contribution is 0.502. The second-order valence-electron chi connectivity index (χ2n) is 4.79. The summed E-state index contributed by atoms with van der Waals surface area (Å²) < 4.78 is 0. The predicted octanol–water partition coefficient (Wildman–Crippen LogP) is 4.16. The van der Waals surface area contributed by atoms with Gasteiger partial charge in [0.1, 0.15) is 10.8 Å². The Balaban J connectivity index is 2.02. The minimum absolute atomic E-state index is 0.235. The van der Waals surface area contributed by atoms with Gasteiger partial charge in [0.05, 0.1) is 6.20 Å². The van der Waals surface area contributed by atoms with E-state index in [1.54, 1.807) is 6.20 Å². The molecule has 1 aliphatic carbocycles. The Bertz CT molecular complexity index is 384. The lowest BCUT2D eigenvalue weighted by atomic mass is 10.0. The summed E-state index contributed by atoms with van der Waals surface area (Å²) in [6.45, 7) is 2.32. The van der Waals surface area contributed by atoms with Crippen molar-refractivity contribution in [3.8, 4) is 0 Å². The van der Waals surface area contributed by atoms with Crippen LogP contribution < -0.4 is 5.32 Å². The summed E-state index contributed by atoms with van der Waals surface area (Å²) in [5.74, 6) is 1.48. The summed E-state index contributed by atoms with van der Waals surface area (Å²) in [5, 5.41) is 4.15. The first kappa shape index (κ1) is 12.9. The molecule has 0 aromatic carbocycles. The molecule has 1 N–H and O–H groups in total. The van der Waals surface area contributed by atoms with Crippen molar-refractivity contribution in [2.24, 2.45) is 5.92 Å². The van der Waals surface area contributed by atoms with Gasteiger partial charge >= 0.3 is 0 Å². The average molecular weight is 274 g/mol.